The smallest absolute Gasteiger partial charge is 0.137 e. The third kappa shape index (κ3) is 5.04. The molecule has 1 unspecified atom stereocenters. The molecule has 0 amide bonds. The molecule has 0 spiro atoms. The predicted molar refractivity (Wildman–Crippen MR) is 88.0 cm³/mol. The molecule has 0 aliphatic heterocycles. The molecule has 2 nitrogen and oxygen atoms in total. The minimum absolute atomic E-state index is 0.197. The van der Waals surface area contributed by atoms with Crippen molar-refractivity contribution in [2.45, 2.75) is 51.7 Å². The quantitative estimate of drug-likeness (QED) is 0.748. The van der Waals surface area contributed by atoms with E-state index in [1.54, 1.807) is 0 Å². The Kier molecular flexibility index (Phi) is 6.65. The number of hydrogen-bond acceptors (Lipinski definition) is 2. The standard InChI is InChI=1S/C17H25BrFNO/c1-3-20-14(8-13-9-15(10-13)21-4-2)7-12-5-6-17(19)16(18)11-12/h5-6,11,13-15,20H,3-4,7-10H2,1-2H3. The maximum atomic E-state index is 13.3. The van der Waals surface area contributed by atoms with Crippen LogP contribution < -0.4 is 5.32 Å². The summed E-state index contributed by atoms with van der Waals surface area (Å²) in [5.41, 5.74) is 1.18. The average molecular weight is 358 g/mol. The second-order valence-electron chi connectivity index (χ2n) is 5.86. The molecule has 21 heavy (non-hydrogen) atoms. The van der Waals surface area contributed by atoms with Crippen LogP contribution in [-0.4, -0.2) is 25.3 Å². The Morgan fingerprint density at radius 1 is 1.38 bits per heavy atom. The van der Waals surface area contributed by atoms with E-state index in [9.17, 15) is 4.39 Å². The van der Waals surface area contributed by atoms with Crippen molar-refractivity contribution in [1.29, 1.82) is 0 Å². The first kappa shape index (κ1) is 16.9. The minimum Gasteiger partial charge on any atom is -0.378 e. The lowest BCUT2D eigenvalue weighted by atomic mass is 9.77. The molecule has 1 aromatic carbocycles. The number of nitrogens with one attached hydrogen (secondary N) is 1. The van der Waals surface area contributed by atoms with Gasteiger partial charge in [-0.3, -0.25) is 0 Å². The predicted octanol–water partition coefficient (Wildman–Crippen LogP) is 4.31. The zero-order valence-corrected chi connectivity index (χ0v) is 14.5. The van der Waals surface area contributed by atoms with Crippen molar-refractivity contribution < 1.29 is 9.13 Å². The maximum Gasteiger partial charge on any atom is 0.137 e. The maximum absolute atomic E-state index is 13.3. The fourth-order valence-corrected chi connectivity index (χ4v) is 3.55. The van der Waals surface area contributed by atoms with Crippen LogP contribution in [0.15, 0.2) is 22.7 Å². The van der Waals surface area contributed by atoms with Gasteiger partial charge in [0.25, 0.3) is 0 Å². The van der Waals surface area contributed by atoms with Crippen molar-refractivity contribution in [3.63, 3.8) is 0 Å². The summed E-state index contributed by atoms with van der Waals surface area (Å²) >= 11 is 3.26. The van der Waals surface area contributed by atoms with E-state index in [0.717, 1.165) is 25.5 Å². The summed E-state index contributed by atoms with van der Waals surface area (Å²) in [5.74, 6) is 0.562. The van der Waals surface area contributed by atoms with E-state index in [1.165, 1.54) is 30.9 Å². The van der Waals surface area contributed by atoms with E-state index in [0.29, 0.717) is 16.6 Å². The molecular weight excluding hydrogens is 333 g/mol. The van der Waals surface area contributed by atoms with Gasteiger partial charge in [-0.05, 0) is 78.7 Å². The lowest BCUT2D eigenvalue weighted by Gasteiger charge is -2.37. The van der Waals surface area contributed by atoms with Gasteiger partial charge in [0, 0.05) is 12.6 Å². The molecule has 1 N–H and O–H groups in total. The summed E-state index contributed by atoms with van der Waals surface area (Å²) in [6.45, 7) is 5.98. The number of likely N-dealkylation sites (N-methyl/N-ethyl adjacent to an activating group) is 1. The van der Waals surface area contributed by atoms with Crippen LogP contribution in [0.4, 0.5) is 4.39 Å². The van der Waals surface area contributed by atoms with Crippen molar-refractivity contribution in [2.75, 3.05) is 13.2 Å². The second kappa shape index (κ2) is 8.25. The molecule has 0 saturated heterocycles. The van der Waals surface area contributed by atoms with Crippen LogP contribution in [0.2, 0.25) is 0 Å². The van der Waals surface area contributed by atoms with Crippen molar-refractivity contribution in [1.82, 2.24) is 5.32 Å². The first-order chi connectivity index (χ1) is 10.1. The molecule has 1 atom stereocenters. The number of benzene rings is 1. The SMILES string of the molecule is CCNC(Cc1ccc(F)c(Br)c1)CC1CC(OCC)C1. The normalized spacial score (nSPS) is 22.9. The number of hydrogen-bond donors (Lipinski definition) is 1. The Bertz CT molecular complexity index is 448. The number of rotatable bonds is 8. The van der Waals surface area contributed by atoms with E-state index in [1.807, 2.05) is 12.1 Å². The highest BCUT2D eigenvalue weighted by atomic mass is 79.9. The van der Waals surface area contributed by atoms with Crippen LogP contribution in [0.3, 0.4) is 0 Å². The molecule has 1 aliphatic carbocycles. The molecular formula is C17H25BrFNO. The van der Waals surface area contributed by atoms with Crippen LogP contribution in [0.25, 0.3) is 0 Å². The third-order valence-electron chi connectivity index (χ3n) is 4.17. The number of halogens is 2. The van der Waals surface area contributed by atoms with Crippen LogP contribution in [0.1, 0.15) is 38.7 Å². The Morgan fingerprint density at radius 3 is 2.76 bits per heavy atom. The van der Waals surface area contributed by atoms with Gasteiger partial charge in [-0.2, -0.15) is 0 Å². The van der Waals surface area contributed by atoms with Crippen molar-refractivity contribution >= 4 is 15.9 Å². The second-order valence-corrected chi connectivity index (χ2v) is 6.71. The van der Waals surface area contributed by atoms with Crippen LogP contribution in [0, 0.1) is 11.7 Å². The van der Waals surface area contributed by atoms with Gasteiger partial charge in [0.1, 0.15) is 5.82 Å². The largest absolute Gasteiger partial charge is 0.378 e. The van der Waals surface area contributed by atoms with Crippen LogP contribution in [0.5, 0.6) is 0 Å². The molecule has 118 valence electrons. The van der Waals surface area contributed by atoms with Crippen molar-refractivity contribution in [3.05, 3.63) is 34.1 Å². The van der Waals surface area contributed by atoms with Gasteiger partial charge < -0.3 is 10.1 Å². The van der Waals surface area contributed by atoms with E-state index in [-0.39, 0.29) is 5.82 Å². The summed E-state index contributed by atoms with van der Waals surface area (Å²) in [4.78, 5) is 0. The van der Waals surface area contributed by atoms with E-state index < -0.39 is 0 Å². The highest BCUT2D eigenvalue weighted by Crippen LogP contribution is 2.34. The zero-order chi connectivity index (χ0) is 15.2. The van der Waals surface area contributed by atoms with Gasteiger partial charge in [-0.15, -0.1) is 0 Å². The van der Waals surface area contributed by atoms with E-state index in [4.69, 9.17) is 4.74 Å². The summed E-state index contributed by atoms with van der Waals surface area (Å²) in [6, 6.07) is 5.77. The zero-order valence-electron chi connectivity index (χ0n) is 12.9. The lowest BCUT2D eigenvalue weighted by Crippen LogP contribution is -2.39. The van der Waals surface area contributed by atoms with Gasteiger partial charge in [0.15, 0.2) is 0 Å². The molecule has 4 heteroatoms. The number of ether oxygens (including phenoxy) is 1. The molecule has 1 saturated carbocycles. The molecule has 0 bridgehead atoms. The van der Waals surface area contributed by atoms with Gasteiger partial charge in [-0.1, -0.05) is 13.0 Å². The summed E-state index contributed by atoms with van der Waals surface area (Å²) in [7, 11) is 0. The van der Waals surface area contributed by atoms with E-state index >= 15 is 0 Å². The molecule has 1 aliphatic rings. The van der Waals surface area contributed by atoms with Gasteiger partial charge in [0.05, 0.1) is 10.6 Å². The first-order valence-corrected chi connectivity index (χ1v) is 8.70. The lowest BCUT2D eigenvalue weighted by molar-refractivity contribution is -0.0289. The monoisotopic (exact) mass is 357 g/mol. The van der Waals surface area contributed by atoms with Gasteiger partial charge >= 0.3 is 0 Å². The molecule has 1 fully saturated rings. The average Bonchev–Trinajstić information content (AvgIpc) is 2.41. The molecule has 0 radical (unpaired) electrons. The Balaban J connectivity index is 1.85. The van der Waals surface area contributed by atoms with Crippen molar-refractivity contribution in [3.8, 4) is 0 Å². The molecule has 0 aromatic heterocycles. The van der Waals surface area contributed by atoms with E-state index in [2.05, 4.69) is 35.1 Å². The molecule has 1 aromatic rings. The van der Waals surface area contributed by atoms with Crippen molar-refractivity contribution in [2.24, 2.45) is 5.92 Å². The highest BCUT2D eigenvalue weighted by molar-refractivity contribution is 9.10. The Hall–Kier alpha value is -0.450. The fourth-order valence-electron chi connectivity index (χ4n) is 3.12. The third-order valence-corrected chi connectivity index (χ3v) is 4.78. The van der Waals surface area contributed by atoms with Crippen LogP contribution >= 0.6 is 15.9 Å². The molecule has 0 heterocycles. The van der Waals surface area contributed by atoms with Crippen LogP contribution in [-0.2, 0) is 11.2 Å². The van der Waals surface area contributed by atoms with Gasteiger partial charge in [0.2, 0.25) is 0 Å². The minimum atomic E-state index is -0.197. The summed E-state index contributed by atoms with van der Waals surface area (Å²) in [6.07, 6.45) is 4.96. The first-order valence-electron chi connectivity index (χ1n) is 7.91. The van der Waals surface area contributed by atoms with Gasteiger partial charge in [-0.25, -0.2) is 4.39 Å². The topological polar surface area (TPSA) is 21.3 Å². The fraction of sp³-hybridized carbons (Fsp3) is 0.647. The highest BCUT2D eigenvalue weighted by Gasteiger charge is 2.31. The molecule has 2 rings (SSSR count). The summed E-state index contributed by atoms with van der Waals surface area (Å²) in [5, 5.41) is 3.56. The summed E-state index contributed by atoms with van der Waals surface area (Å²) < 4.78 is 19.5. The Morgan fingerprint density at radius 2 is 2.14 bits per heavy atom. The Labute approximate surface area is 135 Å².